The van der Waals surface area contributed by atoms with Crippen LogP contribution in [-0.4, -0.2) is 30.8 Å². The maximum absolute atomic E-state index is 12.2. The summed E-state index contributed by atoms with van der Waals surface area (Å²) in [6, 6.07) is 20.2. The van der Waals surface area contributed by atoms with Gasteiger partial charge in [-0.3, -0.25) is 4.79 Å². The molecule has 0 fully saturated rings. The fourth-order valence-corrected chi connectivity index (χ4v) is 4.86. The number of fused-ring (bicyclic) bond motifs is 2. The van der Waals surface area contributed by atoms with E-state index in [9.17, 15) is 4.79 Å². The van der Waals surface area contributed by atoms with Gasteiger partial charge in [-0.15, -0.1) is 0 Å². The zero-order valence-electron chi connectivity index (χ0n) is 19.3. The second-order valence-electron chi connectivity index (χ2n) is 9.04. The van der Waals surface area contributed by atoms with Crippen LogP contribution in [0.5, 0.6) is 5.75 Å². The lowest BCUT2D eigenvalue weighted by Crippen LogP contribution is -2.48. The number of carbonyl (C=O) groups is 1. The Bertz CT molecular complexity index is 1150. The van der Waals surface area contributed by atoms with Gasteiger partial charge >= 0.3 is 0 Å². The highest BCUT2D eigenvalue weighted by Gasteiger charge is 2.35. The first-order valence-corrected chi connectivity index (χ1v) is 11.2. The molecule has 3 aromatic rings. The fraction of sp³-hybridized carbons (Fsp3) is 0.333. The van der Waals surface area contributed by atoms with Gasteiger partial charge < -0.3 is 9.64 Å². The minimum atomic E-state index is -0.292. The number of ether oxygens (including phenoxy) is 1. The van der Waals surface area contributed by atoms with E-state index in [0.29, 0.717) is 11.7 Å². The summed E-state index contributed by atoms with van der Waals surface area (Å²) >= 11 is 0. The molecule has 4 rings (SSSR count). The highest BCUT2D eigenvalue weighted by atomic mass is 16.5. The summed E-state index contributed by atoms with van der Waals surface area (Å²) in [6.07, 6.45) is 2.80. The third kappa shape index (κ3) is 4.47. The molecule has 0 spiro atoms. The molecule has 0 unspecified atom stereocenters. The Morgan fingerprint density at radius 1 is 1.19 bits per heavy atom. The molecule has 1 aliphatic rings. The normalized spacial score (nSPS) is 17.4. The summed E-state index contributed by atoms with van der Waals surface area (Å²) < 4.78 is 5.72. The topological polar surface area (TPSA) is 53.9 Å². The van der Waals surface area contributed by atoms with Crippen LogP contribution in [0.25, 0.3) is 10.8 Å². The summed E-state index contributed by atoms with van der Waals surface area (Å²) in [5, 5.41) is 6.20. The van der Waals surface area contributed by atoms with Gasteiger partial charge in [0.1, 0.15) is 5.75 Å². The first-order valence-electron chi connectivity index (χ1n) is 11.2. The van der Waals surface area contributed by atoms with Crippen LogP contribution in [0.2, 0.25) is 0 Å². The van der Waals surface area contributed by atoms with Gasteiger partial charge in [-0.1, -0.05) is 49.4 Å². The summed E-state index contributed by atoms with van der Waals surface area (Å²) in [5.41, 5.74) is 6.32. The molecular formula is C27H31N3O2. The van der Waals surface area contributed by atoms with Crippen LogP contribution < -0.4 is 15.1 Å². The lowest BCUT2D eigenvalue weighted by molar-refractivity contribution is -0.123. The van der Waals surface area contributed by atoms with E-state index in [2.05, 4.69) is 61.3 Å². The molecule has 0 radical (unpaired) electrons. The van der Waals surface area contributed by atoms with Crippen LogP contribution in [0.3, 0.4) is 0 Å². The van der Waals surface area contributed by atoms with Crippen molar-refractivity contribution >= 4 is 28.6 Å². The van der Waals surface area contributed by atoms with Crippen molar-refractivity contribution in [2.75, 3.05) is 18.1 Å². The monoisotopic (exact) mass is 429 g/mol. The van der Waals surface area contributed by atoms with E-state index < -0.39 is 0 Å². The van der Waals surface area contributed by atoms with Crippen LogP contribution in [0.1, 0.15) is 51.2 Å². The average Bonchev–Trinajstić information content (AvgIpc) is 2.77. The third-order valence-electron chi connectivity index (χ3n) is 6.24. The number of nitrogens with zero attached hydrogens (tertiary/aromatic N) is 2. The predicted molar refractivity (Wildman–Crippen MR) is 132 cm³/mol. The Morgan fingerprint density at radius 3 is 2.78 bits per heavy atom. The first kappa shape index (κ1) is 21.9. The Kier molecular flexibility index (Phi) is 6.17. The van der Waals surface area contributed by atoms with E-state index in [1.165, 1.54) is 11.3 Å². The lowest BCUT2D eigenvalue weighted by Gasteiger charge is -2.47. The fourth-order valence-electron chi connectivity index (χ4n) is 4.86. The van der Waals surface area contributed by atoms with E-state index in [-0.39, 0.29) is 18.1 Å². The summed E-state index contributed by atoms with van der Waals surface area (Å²) in [6.45, 7) is 9.98. The molecule has 5 heteroatoms. The Hall–Kier alpha value is -3.34. The van der Waals surface area contributed by atoms with Crippen LogP contribution in [-0.2, 0) is 4.79 Å². The van der Waals surface area contributed by atoms with Crippen molar-refractivity contribution in [3.05, 3.63) is 71.8 Å². The molecule has 1 atom stereocenters. The van der Waals surface area contributed by atoms with Crippen LogP contribution >= 0.6 is 0 Å². The van der Waals surface area contributed by atoms with E-state index in [1.807, 2.05) is 42.5 Å². The molecule has 0 aliphatic carbocycles. The van der Waals surface area contributed by atoms with Gasteiger partial charge in [-0.2, -0.15) is 5.10 Å². The second-order valence-corrected chi connectivity index (χ2v) is 9.04. The number of hydrazone groups is 1. The minimum absolute atomic E-state index is 0.0902. The SMILES string of the molecule is CCN1c2ccc(/C=N/NC(=O)COc3cccc4ccccc34)cc2[C@@H](C)CC1(C)C. The molecule has 166 valence electrons. The largest absolute Gasteiger partial charge is 0.483 e. The molecule has 0 saturated carbocycles. The highest BCUT2D eigenvalue weighted by Crippen LogP contribution is 2.43. The summed E-state index contributed by atoms with van der Waals surface area (Å²) in [7, 11) is 0. The number of benzene rings is 3. The van der Waals surface area contributed by atoms with Crippen LogP contribution in [0.15, 0.2) is 65.8 Å². The van der Waals surface area contributed by atoms with Gasteiger partial charge in [-0.25, -0.2) is 5.43 Å². The maximum atomic E-state index is 12.2. The molecule has 1 aliphatic heterocycles. The van der Waals surface area contributed by atoms with Crippen molar-refractivity contribution in [3.8, 4) is 5.75 Å². The molecule has 1 N–H and O–H groups in total. The highest BCUT2D eigenvalue weighted by molar-refractivity contribution is 5.89. The van der Waals surface area contributed by atoms with Gasteiger partial charge in [0.05, 0.1) is 6.21 Å². The van der Waals surface area contributed by atoms with E-state index in [0.717, 1.165) is 29.3 Å². The van der Waals surface area contributed by atoms with E-state index in [4.69, 9.17) is 4.74 Å². The number of carbonyl (C=O) groups excluding carboxylic acids is 1. The maximum Gasteiger partial charge on any atom is 0.277 e. The molecule has 3 aromatic carbocycles. The molecule has 32 heavy (non-hydrogen) atoms. The Labute approximate surface area is 190 Å². The van der Waals surface area contributed by atoms with Gasteiger partial charge in [0.15, 0.2) is 6.61 Å². The third-order valence-corrected chi connectivity index (χ3v) is 6.24. The van der Waals surface area contributed by atoms with E-state index >= 15 is 0 Å². The standard InChI is InChI=1S/C27H31N3O2/c1-5-30-24-14-13-20(15-23(24)19(2)16-27(30,3)4)17-28-29-26(31)18-32-25-12-8-10-21-9-6-7-11-22(21)25/h6-15,17,19H,5,16,18H2,1-4H3,(H,29,31)/b28-17+/t19-/m0/s1. The summed E-state index contributed by atoms with van der Waals surface area (Å²) in [5.74, 6) is 0.869. The molecule has 1 heterocycles. The summed E-state index contributed by atoms with van der Waals surface area (Å²) in [4.78, 5) is 14.7. The lowest BCUT2D eigenvalue weighted by atomic mass is 9.79. The number of hydrogen-bond acceptors (Lipinski definition) is 4. The van der Waals surface area contributed by atoms with Crippen molar-refractivity contribution in [2.24, 2.45) is 5.10 Å². The van der Waals surface area contributed by atoms with Crippen molar-refractivity contribution in [1.82, 2.24) is 5.43 Å². The zero-order valence-corrected chi connectivity index (χ0v) is 19.3. The predicted octanol–water partition coefficient (Wildman–Crippen LogP) is 5.48. The Morgan fingerprint density at radius 2 is 1.97 bits per heavy atom. The molecule has 1 amide bonds. The second kappa shape index (κ2) is 9.03. The number of nitrogens with one attached hydrogen (secondary N) is 1. The smallest absolute Gasteiger partial charge is 0.277 e. The van der Waals surface area contributed by atoms with Crippen molar-refractivity contribution < 1.29 is 9.53 Å². The quantitative estimate of drug-likeness (QED) is 0.417. The molecule has 0 bridgehead atoms. The zero-order chi connectivity index (χ0) is 22.7. The van der Waals surface area contributed by atoms with Gasteiger partial charge in [-0.05, 0) is 67.8 Å². The Balaban J connectivity index is 1.39. The molecular weight excluding hydrogens is 398 g/mol. The van der Waals surface area contributed by atoms with Crippen molar-refractivity contribution in [1.29, 1.82) is 0 Å². The van der Waals surface area contributed by atoms with Gasteiger partial charge in [0.25, 0.3) is 5.91 Å². The van der Waals surface area contributed by atoms with E-state index in [1.54, 1.807) is 6.21 Å². The van der Waals surface area contributed by atoms with Crippen molar-refractivity contribution in [3.63, 3.8) is 0 Å². The number of rotatable bonds is 6. The van der Waals surface area contributed by atoms with Crippen molar-refractivity contribution in [2.45, 2.75) is 45.6 Å². The molecule has 0 aromatic heterocycles. The minimum Gasteiger partial charge on any atom is -0.483 e. The number of hydrogen-bond donors (Lipinski definition) is 1. The van der Waals surface area contributed by atoms with Crippen LogP contribution in [0, 0.1) is 0 Å². The average molecular weight is 430 g/mol. The van der Waals surface area contributed by atoms with Gasteiger partial charge in [0, 0.05) is 23.2 Å². The van der Waals surface area contributed by atoms with Crippen LogP contribution in [0.4, 0.5) is 5.69 Å². The first-order chi connectivity index (χ1) is 15.4. The number of amides is 1. The molecule has 5 nitrogen and oxygen atoms in total. The van der Waals surface area contributed by atoms with Gasteiger partial charge in [0.2, 0.25) is 0 Å². The molecule has 0 saturated heterocycles. The number of anilines is 1.